The molecule has 0 radical (unpaired) electrons. The summed E-state index contributed by atoms with van der Waals surface area (Å²) in [6.45, 7) is 6.25. The van der Waals surface area contributed by atoms with Crippen LogP contribution in [0.25, 0.3) is 0 Å². The Morgan fingerprint density at radius 1 is 1.37 bits per heavy atom. The van der Waals surface area contributed by atoms with E-state index in [0.717, 1.165) is 31.7 Å². The molecule has 0 aliphatic carbocycles. The molecule has 0 amide bonds. The molecule has 3 rings (SSSR count). The molecule has 1 saturated heterocycles. The van der Waals surface area contributed by atoms with Crippen LogP contribution in [0.3, 0.4) is 0 Å². The van der Waals surface area contributed by atoms with E-state index in [9.17, 15) is 10.1 Å². The van der Waals surface area contributed by atoms with Crippen LogP contribution in [0.1, 0.15) is 26.7 Å². The van der Waals surface area contributed by atoms with Gasteiger partial charge < -0.3 is 20.7 Å². The van der Waals surface area contributed by atoms with Crippen LogP contribution in [-0.2, 0) is 0 Å². The second kappa shape index (κ2) is 8.07. The van der Waals surface area contributed by atoms with Crippen molar-refractivity contribution < 1.29 is 9.66 Å². The van der Waals surface area contributed by atoms with Crippen molar-refractivity contribution in [3.05, 3.63) is 34.4 Å². The number of nitrogens with two attached hydrogens (primary N) is 1. The topological polar surface area (TPSA) is 119 Å². The number of anilines is 4. The maximum Gasteiger partial charge on any atom is 0.353 e. The van der Waals surface area contributed by atoms with Crippen LogP contribution >= 0.6 is 0 Å². The molecule has 9 heteroatoms. The molecule has 0 unspecified atom stereocenters. The highest BCUT2D eigenvalue weighted by Crippen LogP contribution is 2.33. The van der Waals surface area contributed by atoms with E-state index in [-0.39, 0.29) is 17.3 Å². The summed E-state index contributed by atoms with van der Waals surface area (Å²) in [7, 11) is 0. The Morgan fingerprint density at radius 3 is 2.74 bits per heavy atom. The second-order valence-corrected chi connectivity index (χ2v) is 6.64. The maximum absolute atomic E-state index is 11.5. The number of aromatic nitrogens is 2. The fourth-order valence-corrected chi connectivity index (χ4v) is 3.18. The summed E-state index contributed by atoms with van der Waals surface area (Å²) in [6.07, 6.45) is 2.18. The molecule has 144 valence electrons. The van der Waals surface area contributed by atoms with Crippen LogP contribution in [0, 0.1) is 16.0 Å². The van der Waals surface area contributed by atoms with E-state index in [2.05, 4.69) is 22.2 Å². The molecule has 0 saturated carbocycles. The third kappa shape index (κ3) is 4.36. The largest absolute Gasteiger partial charge is 0.494 e. The van der Waals surface area contributed by atoms with Crippen molar-refractivity contribution in [2.75, 3.05) is 35.6 Å². The lowest BCUT2D eigenvalue weighted by molar-refractivity contribution is -0.383. The van der Waals surface area contributed by atoms with Gasteiger partial charge in [0.05, 0.1) is 11.5 Å². The predicted octanol–water partition coefficient (Wildman–Crippen LogP) is 3.35. The number of nitrogens with one attached hydrogen (secondary N) is 1. The standard InChI is InChI=1S/C18H24N6O3/c1-3-27-14-8-6-13(7-9-14)20-17-15(24(25)26)16(19)21-18(22-17)23-10-4-5-12(2)11-23/h6-9,12H,3-5,10-11H2,1-2H3,(H3,19,20,21,22)/t12-/m1/s1. The van der Waals surface area contributed by atoms with Crippen LogP contribution in [-0.4, -0.2) is 34.6 Å². The van der Waals surface area contributed by atoms with Crippen molar-refractivity contribution in [1.82, 2.24) is 9.97 Å². The first kappa shape index (κ1) is 18.7. The number of nitrogen functional groups attached to an aromatic ring is 1. The Labute approximate surface area is 157 Å². The van der Waals surface area contributed by atoms with Crippen molar-refractivity contribution in [3.63, 3.8) is 0 Å². The zero-order valence-electron chi connectivity index (χ0n) is 15.5. The van der Waals surface area contributed by atoms with Gasteiger partial charge in [-0.05, 0) is 49.9 Å². The Bertz CT molecular complexity index is 811. The molecule has 1 fully saturated rings. The van der Waals surface area contributed by atoms with E-state index in [1.54, 1.807) is 24.3 Å². The van der Waals surface area contributed by atoms with Crippen LogP contribution in [0.4, 0.5) is 29.0 Å². The van der Waals surface area contributed by atoms with Gasteiger partial charge >= 0.3 is 5.69 Å². The smallest absolute Gasteiger partial charge is 0.353 e. The number of nitrogens with zero attached hydrogens (tertiary/aromatic N) is 4. The quantitative estimate of drug-likeness (QED) is 0.585. The molecule has 1 aromatic heterocycles. The van der Waals surface area contributed by atoms with Gasteiger partial charge in [0.25, 0.3) is 0 Å². The molecule has 0 bridgehead atoms. The van der Waals surface area contributed by atoms with Crippen LogP contribution in [0.5, 0.6) is 5.75 Å². The van der Waals surface area contributed by atoms with Crippen molar-refractivity contribution in [2.24, 2.45) is 5.92 Å². The number of hydrogen-bond donors (Lipinski definition) is 2. The summed E-state index contributed by atoms with van der Waals surface area (Å²) >= 11 is 0. The fourth-order valence-electron chi connectivity index (χ4n) is 3.18. The number of hydrogen-bond acceptors (Lipinski definition) is 8. The van der Waals surface area contributed by atoms with Gasteiger partial charge in [0, 0.05) is 18.8 Å². The number of rotatable bonds is 6. The van der Waals surface area contributed by atoms with E-state index in [4.69, 9.17) is 10.5 Å². The van der Waals surface area contributed by atoms with Gasteiger partial charge in [-0.25, -0.2) is 0 Å². The minimum absolute atomic E-state index is 0.0879. The minimum atomic E-state index is -0.561. The number of nitro groups is 1. The Kier molecular flexibility index (Phi) is 5.58. The molecule has 9 nitrogen and oxygen atoms in total. The highest BCUT2D eigenvalue weighted by molar-refractivity contribution is 5.74. The van der Waals surface area contributed by atoms with Crippen molar-refractivity contribution >= 4 is 29.0 Å². The summed E-state index contributed by atoms with van der Waals surface area (Å²) in [6, 6.07) is 7.12. The third-order valence-electron chi connectivity index (χ3n) is 4.45. The molecular weight excluding hydrogens is 348 g/mol. The zero-order valence-corrected chi connectivity index (χ0v) is 15.5. The predicted molar refractivity (Wildman–Crippen MR) is 105 cm³/mol. The summed E-state index contributed by atoms with van der Waals surface area (Å²) in [4.78, 5) is 21.6. The number of piperidine rings is 1. The van der Waals surface area contributed by atoms with E-state index < -0.39 is 4.92 Å². The van der Waals surface area contributed by atoms with Gasteiger partial charge in [0.2, 0.25) is 17.6 Å². The Morgan fingerprint density at radius 2 is 2.11 bits per heavy atom. The van der Waals surface area contributed by atoms with Crippen molar-refractivity contribution in [3.8, 4) is 5.75 Å². The highest BCUT2D eigenvalue weighted by atomic mass is 16.6. The Hall–Kier alpha value is -3.10. The lowest BCUT2D eigenvalue weighted by Crippen LogP contribution is -2.35. The average Bonchev–Trinajstić information content (AvgIpc) is 2.63. The normalized spacial score (nSPS) is 16.8. The number of benzene rings is 1. The van der Waals surface area contributed by atoms with Crippen LogP contribution in [0.15, 0.2) is 24.3 Å². The van der Waals surface area contributed by atoms with Gasteiger partial charge in [-0.3, -0.25) is 10.1 Å². The Balaban J connectivity index is 1.92. The molecule has 2 heterocycles. The molecule has 1 atom stereocenters. The first-order valence-electron chi connectivity index (χ1n) is 9.04. The van der Waals surface area contributed by atoms with E-state index in [1.165, 1.54) is 0 Å². The zero-order chi connectivity index (χ0) is 19.4. The molecule has 1 aliphatic heterocycles. The van der Waals surface area contributed by atoms with Gasteiger partial charge in [-0.2, -0.15) is 9.97 Å². The molecular formula is C18H24N6O3. The summed E-state index contributed by atoms with van der Waals surface area (Å²) < 4.78 is 5.41. The molecule has 0 spiro atoms. The molecule has 3 N–H and O–H groups in total. The molecule has 2 aromatic rings. The van der Waals surface area contributed by atoms with Crippen LogP contribution < -0.4 is 20.7 Å². The summed E-state index contributed by atoms with van der Waals surface area (Å²) in [5.41, 5.74) is 6.23. The maximum atomic E-state index is 11.5. The van der Waals surface area contributed by atoms with Gasteiger partial charge in [-0.1, -0.05) is 6.92 Å². The summed E-state index contributed by atoms with van der Waals surface area (Å²) in [5.74, 6) is 1.60. The first-order valence-corrected chi connectivity index (χ1v) is 9.04. The van der Waals surface area contributed by atoms with Crippen LogP contribution in [0.2, 0.25) is 0 Å². The van der Waals surface area contributed by atoms with Gasteiger partial charge in [-0.15, -0.1) is 0 Å². The molecule has 1 aromatic carbocycles. The second-order valence-electron chi connectivity index (χ2n) is 6.64. The summed E-state index contributed by atoms with van der Waals surface area (Å²) in [5, 5.41) is 14.5. The number of ether oxygens (including phenoxy) is 1. The van der Waals surface area contributed by atoms with Gasteiger partial charge in [0.15, 0.2) is 0 Å². The highest BCUT2D eigenvalue weighted by Gasteiger charge is 2.26. The lowest BCUT2D eigenvalue weighted by atomic mass is 10.0. The fraction of sp³-hybridized carbons (Fsp3) is 0.444. The SMILES string of the molecule is CCOc1ccc(Nc2nc(N3CCC[C@@H](C)C3)nc(N)c2[N+](=O)[O-])cc1. The van der Waals surface area contributed by atoms with Crippen molar-refractivity contribution in [2.45, 2.75) is 26.7 Å². The molecule has 1 aliphatic rings. The van der Waals surface area contributed by atoms with E-state index >= 15 is 0 Å². The lowest BCUT2D eigenvalue weighted by Gasteiger charge is -2.31. The van der Waals surface area contributed by atoms with E-state index in [0.29, 0.717) is 24.2 Å². The van der Waals surface area contributed by atoms with E-state index in [1.807, 2.05) is 11.8 Å². The average molecular weight is 372 g/mol. The minimum Gasteiger partial charge on any atom is -0.494 e. The van der Waals surface area contributed by atoms with Crippen molar-refractivity contribution in [1.29, 1.82) is 0 Å². The monoisotopic (exact) mass is 372 g/mol. The first-order chi connectivity index (χ1) is 13.0. The molecule has 27 heavy (non-hydrogen) atoms. The third-order valence-corrected chi connectivity index (χ3v) is 4.45. The van der Waals surface area contributed by atoms with Gasteiger partial charge in [0.1, 0.15) is 5.75 Å².